The summed E-state index contributed by atoms with van der Waals surface area (Å²) in [6.45, 7) is 7.41. The first-order chi connectivity index (χ1) is 11.5. The molecule has 0 radical (unpaired) electrons. The van der Waals surface area contributed by atoms with Crippen molar-refractivity contribution < 1.29 is 4.79 Å². The fraction of sp³-hybridized carbons (Fsp3) is 0.368. The van der Waals surface area contributed by atoms with Gasteiger partial charge in [-0.25, -0.2) is 0 Å². The average molecular weight is 324 g/mol. The fourth-order valence-electron chi connectivity index (χ4n) is 3.07. The zero-order valence-corrected chi connectivity index (χ0v) is 14.5. The Kier molecular flexibility index (Phi) is 4.69. The average Bonchev–Trinajstić information content (AvgIpc) is 3.08. The highest BCUT2D eigenvalue weighted by molar-refractivity contribution is 5.80. The van der Waals surface area contributed by atoms with Gasteiger partial charge in [-0.1, -0.05) is 18.2 Å². The topological polar surface area (TPSA) is 51.9 Å². The molecule has 3 aromatic rings. The molecule has 0 fully saturated rings. The summed E-state index contributed by atoms with van der Waals surface area (Å²) >= 11 is 0. The lowest BCUT2D eigenvalue weighted by molar-refractivity contribution is -0.122. The Labute approximate surface area is 142 Å². The molecular formula is C19H24N4O. The number of para-hydroxylation sites is 1. The minimum absolute atomic E-state index is 0.0527. The van der Waals surface area contributed by atoms with Crippen molar-refractivity contribution in [2.24, 2.45) is 0 Å². The number of carbonyl (C=O) groups excluding carboxylic acids is 1. The molecule has 0 unspecified atom stereocenters. The van der Waals surface area contributed by atoms with Crippen LogP contribution in [0.4, 0.5) is 0 Å². The van der Waals surface area contributed by atoms with Gasteiger partial charge in [0.2, 0.25) is 5.91 Å². The molecule has 2 aromatic heterocycles. The smallest absolute Gasteiger partial charge is 0.222 e. The van der Waals surface area contributed by atoms with Crippen molar-refractivity contribution in [1.29, 1.82) is 0 Å². The molecule has 0 saturated heterocycles. The Morgan fingerprint density at radius 3 is 2.79 bits per heavy atom. The van der Waals surface area contributed by atoms with Gasteiger partial charge in [0.1, 0.15) is 0 Å². The lowest BCUT2D eigenvalue weighted by Gasteiger charge is -2.15. The second kappa shape index (κ2) is 6.91. The molecule has 1 amide bonds. The van der Waals surface area contributed by atoms with E-state index in [1.54, 1.807) is 0 Å². The molecule has 126 valence electrons. The van der Waals surface area contributed by atoms with E-state index in [0.717, 1.165) is 11.4 Å². The van der Waals surface area contributed by atoms with Crippen LogP contribution < -0.4 is 5.32 Å². The minimum Gasteiger partial charge on any atom is -0.352 e. The van der Waals surface area contributed by atoms with E-state index in [4.69, 9.17) is 0 Å². The molecule has 0 aliphatic carbocycles. The number of nitrogens with one attached hydrogen (secondary N) is 1. The number of hydrogen-bond donors (Lipinski definition) is 1. The summed E-state index contributed by atoms with van der Waals surface area (Å²) in [6.07, 6.45) is 2.51. The van der Waals surface area contributed by atoms with Gasteiger partial charge in [-0.05, 0) is 44.4 Å². The largest absolute Gasteiger partial charge is 0.352 e. The van der Waals surface area contributed by atoms with Gasteiger partial charge < -0.3 is 9.88 Å². The summed E-state index contributed by atoms with van der Waals surface area (Å²) in [5.41, 5.74) is 3.29. The maximum atomic E-state index is 12.2. The van der Waals surface area contributed by atoms with E-state index >= 15 is 0 Å². The third-order valence-electron chi connectivity index (χ3n) is 4.22. The van der Waals surface area contributed by atoms with Crippen LogP contribution in [0.3, 0.4) is 0 Å². The van der Waals surface area contributed by atoms with Gasteiger partial charge in [0.15, 0.2) is 0 Å². The predicted octanol–water partition coefficient (Wildman–Crippen LogP) is 3.05. The van der Waals surface area contributed by atoms with Gasteiger partial charge in [0.05, 0.1) is 12.2 Å². The first-order valence-corrected chi connectivity index (χ1v) is 8.37. The Bertz CT molecular complexity index is 846. The van der Waals surface area contributed by atoms with Crippen LogP contribution in [-0.4, -0.2) is 26.3 Å². The molecule has 1 N–H and O–H groups in total. The maximum Gasteiger partial charge on any atom is 0.222 e. The van der Waals surface area contributed by atoms with Crippen LogP contribution in [0.25, 0.3) is 10.9 Å². The second-order valence-electron chi connectivity index (χ2n) is 6.40. The number of carbonyl (C=O) groups is 1. The van der Waals surface area contributed by atoms with E-state index in [0.29, 0.717) is 19.5 Å². The summed E-state index contributed by atoms with van der Waals surface area (Å²) in [4.78, 5) is 12.2. The predicted molar refractivity (Wildman–Crippen MR) is 95.9 cm³/mol. The molecule has 24 heavy (non-hydrogen) atoms. The Balaban J connectivity index is 1.53. The molecule has 0 spiro atoms. The first-order valence-electron chi connectivity index (χ1n) is 8.37. The molecule has 1 aromatic carbocycles. The fourth-order valence-corrected chi connectivity index (χ4v) is 3.07. The third kappa shape index (κ3) is 3.67. The monoisotopic (exact) mass is 324 g/mol. The van der Waals surface area contributed by atoms with Crippen LogP contribution in [0.15, 0.2) is 42.6 Å². The van der Waals surface area contributed by atoms with Crippen molar-refractivity contribution in [3.05, 3.63) is 54.0 Å². The van der Waals surface area contributed by atoms with E-state index in [9.17, 15) is 4.79 Å². The van der Waals surface area contributed by atoms with Gasteiger partial charge in [-0.2, -0.15) is 5.10 Å². The van der Waals surface area contributed by atoms with E-state index in [1.807, 2.05) is 49.8 Å². The van der Waals surface area contributed by atoms with Crippen molar-refractivity contribution in [2.75, 3.05) is 0 Å². The number of benzene rings is 1. The standard InChI is InChI=1S/C19H24N4O/c1-14-12-16(3)23(21-14)13-15(2)20-19(24)9-11-22-10-8-17-6-4-5-7-18(17)22/h4-8,10,12,15H,9,11,13H2,1-3H3,(H,20,24)/t15-/m1/s1. The van der Waals surface area contributed by atoms with Crippen LogP contribution in [0, 0.1) is 13.8 Å². The molecule has 5 nitrogen and oxygen atoms in total. The second-order valence-corrected chi connectivity index (χ2v) is 6.40. The SMILES string of the molecule is Cc1cc(C)n(C[C@@H](C)NC(=O)CCn2ccc3ccccc32)n1. The van der Waals surface area contributed by atoms with Gasteiger partial charge in [-0.15, -0.1) is 0 Å². The summed E-state index contributed by atoms with van der Waals surface area (Å²) in [5, 5.41) is 8.71. The molecule has 0 aliphatic rings. The molecule has 0 bridgehead atoms. The van der Waals surface area contributed by atoms with E-state index in [2.05, 4.69) is 33.2 Å². The van der Waals surface area contributed by atoms with Crippen LogP contribution in [-0.2, 0) is 17.9 Å². The quantitative estimate of drug-likeness (QED) is 0.758. The Hall–Kier alpha value is -2.56. The number of nitrogens with zero attached hydrogens (tertiary/aromatic N) is 3. The van der Waals surface area contributed by atoms with Crippen LogP contribution in [0.1, 0.15) is 24.7 Å². The van der Waals surface area contributed by atoms with Crippen LogP contribution in [0.2, 0.25) is 0 Å². The van der Waals surface area contributed by atoms with Crippen molar-refractivity contribution in [3.8, 4) is 0 Å². The highest BCUT2D eigenvalue weighted by atomic mass is 16.1. The first kappa shape index (κ1) is 16.3. The summed E-state index contributed by atoms with van der Waals surface area (Å²) in [5.74, 6) is 0.0711. The summed E-state index contributed by atoms with van der Waals surface area (Å²) in [6, 6.07) is 12.4. The highest BCUT2D eigenvalue weighted by Crippen LogP contribution is 2.15. The third-order valence-corrected chi connectivity index (χ3v) is 4.22. The normalized spacial score (nSPS) is 12.5. The Morgan fingerprint density at radius 2 is 2.04 bits per heavy atom. The molecule has 5 heteroatoms. The van der Waals surface area contributed by atoms with Gasteiger partial charge in [0.25, 0.3) is 0 Å². The molecule has 2 heterocycles. The number of aromatic nitrogens is 3. The summed E-state index contributed by atoms with van der Waals surface area (Å²) < 4.78 is 4.07. The van der Waals surface area contributed by atoms with Gasteiger partial charge in [0, 0.05) is 36.4 Å². The zero-order chi connectivity index (χ0) is 17.1. The molecule has 1 atom stereocenters. The Morgan fingerprint density at radius 1 is 1.25 bits per heavy atom. The van der Waals surface area contributed by atoms with Crippen LogP contribution in [0.5, 0.6) is 0 Å². The zero-order valence-electron chi connectivity index (χ0n) is 14.5. The maximum absolute atomic E-state index is 12.2. The lowest BCUT2D eigenvalue weighted by atomic mass is 10.2. The van der Waals surface area contributed by atoms with Crippen molar-refractivity contribution in [1.82, 2.24) is 19.7 Å². The molecule has 0 saturated carbocycles. The molecule has 3 rings (SSSR count). The van der Waals surface area contributed by atoms with Gasteiger partial charge in [-0.3, -0.25) is 9.48 Å². The van der Waals surface area contributed by atoms with Crippen molar-refractivity contribution in [2.45, 2.75) is 46.3 Å². The van der Waals surface area contributed by atoms with Crippen molar-refractivity contribution >= 4 is 16.8 Å². The molecular weight excluding hydrogens is 300 g/mol. The van der Waals surface area contributed by atoms with E-state index in [-0.39, 0.29) is 11.9 Å². The van der Waals surface area contributed by atoms with Crippen molar-refractivity contribution in [3.63, 3.8) is 0 Å². The van der Waals surface area contributed by atoms with E-state index < -0.39 is 0 Å². The summed E-state index contributed by atoms with van der Waals surface area (Å²) in [7, 11) is 0. The minimum atomic E-state index is 0.0527. The number of amides is 1. The number of fused-ring (bicyclic) bond motifs is 1. The lowest BCUT2D eigenvalue weighted by Crippen LogP contribution is -2.36. The van der Waals surface area contributed by atoms with Gasteiger partial charge >= 0.3 is 0 Å². The van der Waals surface area contributed by atoms with E-state index in [1.165, 1.54) is 10.9 Å². The number of rotatable bonds is 6. The molecule has 0 aliphatic heterocycles. The number of hydrogen-bond acceptors (Lipinski definition) is 2. The highest BCUT2D eigenvalue weighted by Gasteiger charge is 2.11. The van der Waals surface area contributed by atoms with Crippen LogP contribution >= 0.6 is 0 Å². The number of aryl methyl sites for hydroxylation is 3.